The highest BCUT2D eigenvalue weighted by Gasteiger charge is 2.22. The first-order valence-corrected chi connectivity index (χ1v) is 9.43. The number of ether oxygens (including phenoxy) is 1. The second-order valence-corrected chi connectivity index (χ2v) is 7.59. The first-order chi connectivity index (χ1) is 12.3. The van der Waals surface area contributed by atoms with Crippen LogP contribution in [0.5, 0.6) is 5.75 Å². The van der Waals surface area contributed by atoms with Crippen LogP contribution < -0.4 is 9.46 Å². The van der Waals surface area contributed by atoms with Crippen LogP contribution in [0.3, 0.4) is 0 Å². The van der Waals surface area contributed by atoms with E-state index in [1.807, 2.05) is 24.3 Å². The summed E-state index contributed by atoms with van der Waals surface area (Å²) in [6.45, 7) is 4.41. The maximum atomic E-state index is 12.9. The van der Waals surface area contributed by atoms with Crippen molar-refractivity contribution in [3.05, 3.63) is 60.4 Å². The van der Waals surface area contributed by atoms with Gasteiger partial charge in [-0.3, -0.25) is 4.79 Å². The number of hydrogen-bond acceptors (Lipinski definition) is 4. The average Bonchev–Trinajstić information content (AvgIpc) is 3.04. The normalized spacial score (nSPS) is 11.2. The molecule has 0 atom stereocenters. The number of aromatic nitrogens is 1. The van der Waals surface area contributed by atoms with E-state index >= 15 is 0 Å². The Morgan fingerprint density at radius 1 is 1.35 bits per heavy atom. The van der Waals surface area contributed by atoms with Gasteiger partial charge in [-0.15, -0.1) is 6.58 Å². The molecule has 0 aliphatic rings. The highest BCUT2D eigenvalue weighted by molar-refractivity contribution is 7.89. The van der Waals surface area contributed by atoms with Crippen LogP contribution in [0.2, 0.25) is 0 Å². The summed E-state index contributed by atoms with van der Waals surface area (Å²) in [5.74, 6) is 0.459. The maximum Gasteiger partial charge on any atom is 0.271 e. The Morgan fingerprint density at radius 2 is 2.00 bits per heavy atom. The van der Waals surface area contributed by atoms with Crippen molar-refractivity contribution in [1.82, 2.24) is 14.2 Å². The van der Waals surface area contributed by atoms with E-state index in [1.165, 1.54) is 23.9 Å². The average molecular weight is 377 g/mol. The molecule has 1 N–H and O–H groups in total. The van der Waals surface area contributed by atoms with Gasteiger partial charge in [0.25, 0.3) is 5.91 Å². The van der Waals surface area contributed by atoms with Crippen LogP contribution in [0.1, 0.15) is 16.1 Å². The van der Waals surface area contributed by atoms with Gasteiger partial charge in [-0.1, -0.05) is 18.2 Å². The Hall–Kier alpha value is -2.58. The van der Waals surface area contributed by atoms with E-state index in [2.05, 4.69) is 11.3 Å². The number of methoxy groups -OCH3 is 1. The van der Waals surface area contributed by atoms with Crippen molar-refractivity contribution in [3.63, 3.8) is 0 Å². The fraction of sp³-hybridized carbons (Fsp3) is 0.278. The summed E-state index contributed by atoms with van der Waals surface area (Å²) in [5.41, 5.74) is 1.22. The fourth-order valence-corrected chi connectivity index (χ4v) is 3.30. The van der Waals surface area contributed by atoms with Crippen LogP contribution in [-0.4, -0.2) is 44.5 Å². The van der Waals surface area contributed by atoms with E-state index in [1.54, 1.807) is 25.1 Å². The number of benzene rings is 1. The lowest BCUT2D eigenvalue weighted by Crippen LogP contribution is -2.32. The van der Waals surface area contributed by atoms with Crippen molar-refractivity contribution in [2.75, 3.05) is 20.7 Å². The Labute approximate surface area is 153 Å². The van der Waals surface area contributed by atoms with Gasteiger partial charge < -0.3 is 14.2 Å². The first-order valence-electron chi connectivity index (χ1n) is 7.95. The lowest BCUT2D eigenvalue weighted by molar-refractivity contribution is 0.0753. The number of nitrogens with one attached hydrogen (secondary N) is 1. The summed E-state index contributed by atoms with van der Waals surface area (Å²) in [5, 5.41) is 0. The zero-order chi connectivity index (χ0) is 19.3. The molecule has 140 valence electrons. The number of rotatable bonds is 8. The molecule has 0 saturated heterocycles. The van der Waals surface area contributed by atoms with E-state index in [0.717, 1.165) is 11.3 Å². The van der Waals surface area contributed by atoms with E-state index in [4.69, 9.17) is 4.74 Å². The highest BCUT2D eigenvalue weighted by atomic mass is 32.2. The predicted octanol–water partition coefficient (Wildman–Crippen LogP) is 1.77. The minimum Gasteiger partial charge on any atom is -0.497 e. The number of amides is 1. The molecule has 0 radical (unpaired) electrons. The molecular formula is C18H23N3O4S. The summed E-state index contributed by atoms with van der Waals surface area (Å²) in [6.07, 6.45) is 3.05. The molecule has 0 saturated carbocycles. The third-order valence-electron chi connectivity index (χ3n) is 3.95. The SMILES string of the molecule is C=CCN(Cc1ccc(OC)cc1)C(=O)c1cc(S(=O)(=O)NC)cn1C. The van der Waals surface area contributed by atoms with Gasteiger partial charge in [0.1, 0.15) is 16.3 Å². The van der Waals surface area contributed by atoms with Crippen molar-refractivity contribution >= 4 is 15.9 Å². The van der Waals surface area contributed by atoms with Crippen molar-refractivity contribution < 1.29 is 17.9 Å². The summed E-state index contributed by atoms with van der Waals surface area (Å²) in [4.78, 5) is 14.6. The van der Waals surface area contributed by atoms with Crippen LogP contribution in [0, 0.1) is 0 Å². The lowest BCUT2D eigenvalue weighted by atomic mass is 10.2. The van der Waals surface area contributed by atoms with Crippen molar-refractivity contribution in [2.45, 2.75) is 11.4 Å². The molecule has 0 bridgehead atoms. The number of nitrogens with zero attached hydrogens (tertiary/aromatic N) is 2. The van der Waals surface area contributed by atoms with Gasteiger partial charge in [-0.05, 0) is 30.8 Å². The Morgan fingerprint density at radius 3 is 2.54 bits per heavy atom. The largest absolute Gasteiger partial charge is 0.497 e. The van der Waals surface area contributed by atoms with Gasteiger partial charge in [-0.2, -0.15) is 0 Å². The molecular weight excluding hydrogens is 354 g/mol. The molecule has 0 aliphatic heterocycles. The summed E-state index contributed by atoms with van der Waals surface area (Å²) in [7, 11) is 0.950. The number of sulfonamides is 1. The molecule has 0 spiro atoms. The highest BCUT2D eigenvalue weighted by Crippen LogP contribution is 2.18. The number of carbonyl (C=O) groups excluding carboxylic acids is 1. The van der Waals surface area contributed by atoms with E-state index in [9.17, 15) is 13.2 Å². The van der Waals surface area contributed by atoms with Crippen LogP contribution in [-0.2, 0) is 23.6 Å². The topological polar surface area (TPSA) is 80.6 Å². The van der Waals surface area contributed by atoms with Crippen LogP contribution in [0.25, 0.3) is 0 Å². The summed E-state index contributed by atoms with van der Waals surface area (Å²) >= 11 is 0. The van der Waals surface area contributed by atoms with Gasteiger partial charge >= 0.3 is 0 Å². The lowest BCUT2D eigenvalue weighted by Gasteiger charge is -2.21. The quantitative estimate of drug-likeness (QED) is 0.711. The zero-order valence-electron chi connectivity index (χ0n) is 15.1. The minimum absolute atomic E-state index is 0.0499. The van der Waals surface area contributed by atoms with E-state index < -0.39 is 10.0 Å². The maximum absolute atomic E-state index is 12.9. The Bertz CT molecular complexity index is 886. The van der Waals surface area contributed by atoms with Crippen LogP contribution in [0.15, 0.2) is 54.1 Å². The van der Waals surface area contributed by atoms with Crippen molar-refractivity contribution in [1.29, 1.82) is 0 Å². The molecule has 2 rings (SSSR count). The van der Waals surface area contributed by atoms with E-state index in [-0.39, 0.29) is 16.5 Å². The molecule has 7 nitrogen and oxygen atoms in total. The second-order valence-electron chi connectivity index (χ2n) is 5.70. The van der Waals surface area contributed by atoms with Gasteiger partial charge in [0, 0.05) is 26.3 Å². The van der Waals surface area contributed by atoms with Crippen LogP contribution >= 0.6 is 0 Å². The third kappa shape index (κ3) is 4.33. The molecule has 1 heterocycles. The van der Waals surface area contributed by atoms with Gasteiger partial charge in [0.05, 0.1) is 7.11 Å². The summed E-state index contributed by atoms with van der Waals surface area (Å²) < 4.78 is 32.8. The summed E-state index contributed by atoms with van der Waals surface area (Å²) in [6, 6.07) is 8.78. The molecule has 0 fully saturated rings. The first kappa shape index (κ1) is 19.7. The van der Waals surface area contributed by atoms with Gasteiger partial charge in [0.15, 0.2) is 0 Å². The van der Waals surface area contributed by atoms with Crippen LogP contribution in [0.4, 0.5) is 0 Å². The second kappa shape index (κ2) is 8.20. The molecule has 1 aromatic carbocycles. The molecule has 8 heteroatoms. The standard InChI is InChI=1S/C18H23N3O4S/c1-5-10-21(12-14-6-8-15(25-4)9-7-14)18(22)17-11-16(13-20(17)3)26(23,24)19-2/h5-9,11,13,19H,1,10,12H2,2-4H3. The minimum atomic E-state index is -3.61. The molecule has 1 aromatic heterocycles. The molecule has 1 amide bonds. The fourth-order valence-electron chi connectivity index (χ4n) is 2.50. The Kier molecular flexibility index (Phi) is 6.23. The monoisotopic (exact) mass is 377 g/mol. The zero-order valence-corrected chi connectivity index (χ0v) is 15.9. The molecule has 2 aromatic rings. The molecule has 0 aliphatic carbocycles. The van der Waals surface area contributed by atoms with Gasteiger partial charge in [-0.25, -0.2) is 13.1 Å². The number of aryl methyl sites for hydroxylation is 1. The number of carbonyl (C=O) groups is 1. The number of hydrogen-bond donors (Lipinski definition) is 1. The predicted molar refractivity (Wildman–Crippen MR) is 99.6 cm³/mol. The van der Waals surface area contributed by atoms with Gasteiger partial charge in [0.2, 0.25) is 10.0 Å². The Balaban J connectivity index is 2.29. The smallest absolute Gasteiger partial charge is 0.271 e. The van der Waals surface area contributed by atoms with Crippen molar-refractivity contribution in [3.8, 4) is 5.75 Å². The van der Waals surface area contributed by atoms with E-state index in [0.29, 0.717) is 13.1 Å². The third-order valence-corrected chi connectivity index (χ3v) is 5.33. The molecule has 26 heavy (non-hydrogen) atoms. The molecule has 0 unspecified atom stereocenters. The van der Waals surface area contributed by atoms with Crippen molar-refractivity contribution in [2.24, 2.45) is 7.05 Å².